The number of nitrogens with zero attached hydrogens (tertiary/aromatic N) is 1. The molecule has 0 aliphatic heterocycles. The second-order valence-corrected chi connectivity index (χ2v) is 8.30. The van der Waals surface area contributed by atoms with Gasteiger partial charge in [0.25, 0.3) is 5.91 Å². The van der Waals surface area contributed by atoms with Crippen LogP contribution < -0.4 is 10.1 Å². The molecule has 0 aliphatic rings. The third-order valence-corrected chi connectivity index (χ3v) is 5.96. The van der Waals surface area contributed by atoms with E-state index in [9.17, 15) is 9.59 Å². The van der Waals surface area contributed by atoms with Crippen LogP contribution >= 0.6 is 15.9 Å². The lowest BCUT2D eigenvalue weighted by Crippen LogP contribution is -2.51. The van der Waals surface area contributed by atoms with Gasteiger partial charge in [0.2, 0.25) is 5.91 Å². The molecule has 1 N–H and O–H groups in total. The van der Waals surface area contributed by atoms with Crippen molar-refractivity contribution >= 4 is 27.7 Å². The van der Waals surface area contributed by atoms with Crippen molar-refractivity contribution < 1.29 is 14.3 Å². The molecule has 0 fully saturated rings. The normalized spacial score (nSPS) is 12.7. The molecule has 2 rings (SSSR count). The Morgan fingerprint density at radius 2 is 1.80 bits per heavy atom. The minimum Gasteiger partial charge on any atom is -0.484 e. The second-order valence-electron chi connectivity index (χ2n) is 7.45. The van der Waals surface area contributed by atoms with Crippen LogP contribution in [-0.2, 0) is 16.1 Å². The highest BCUT2D eigenvalue weighted by atomic mass is 79.9. The average molecular weight is 475 g/mol. The van der Waals surface area contributed by atoms with E-state index in [1.165, 1.54) is 0 Å². The van der Waals surface area contributed by atoms with E-state index in [4.69, 9.17) is 4.74 Å². The third kappa shape index (κ3) is 6.87. The van der Waals surface area contributed by atoms with E-state index in [-0.39, 0.29) is 24.5 Å². The van der Waals surface area contributed by atoms with Crippen molar-refractivity contribution in [1.29, 1.82) is 0 Å². The maximum atomic E-state index is 13.1. The fourth-order valence-corrected chi connectivity index (χ4v) is 3.32. The molecule has 0 aromatic heterocycles. The van der Waals surface area contributed by atoms with Crippen LogP contribution in [0.15, 0.2) is 53.0 Å². The van der Waals surface area contributed by atoms with E-state index in [0.29, 0.717) is 18.7 Å². The van der Waals surface area contributed by atoms with Crippen LogP contribution in [0.1, 0.15) is 44.7 Å². The lowest BCUT2D eigenvalue weighted by molar-refractivity contribution is -0.143. The predicted octanol–water partition coefficient (Wildman–Crippen LogP) is 4.86. The third-order valence-electron chi connectivity index (χ3n) is 5.07. The molecule has 30 heavy (non-hydrogen) atoms. The highest BCUT2D eigenvalue weighted by molar-refractivity contribution is 9.10. The van der Waals surface area contributed by atoms with Gasteiger partial charge in [0, 0.05) is 17.1 Å². The van der Waals surface area contributed by atoms with Gasteiger partial charge in [-0.3, -0.25) is 9.59 Å². The predicted molar refractivity (Wildman–Crippen MR) is 123 cm³/mol. The number of hydrogen-bond acceptors (Lipinski definition) is 3. The number of aryl methyl sites for hydroxylation is 1. The van der Waals surface area contributed by atoms with Gasteiger partial charge in [-0.05, 0) is 56.0 Å². The number of carbonyl (C=O) groups excluding carboxylic acids is 2. The standard InChI is InChI=1S/C24H31BrN2O3/c1-5-18(4)26-24(29)22(6-2)27(15-19-10-8-7-9-11-19)23(28)16-30-20-12-13-21(25)17(3)14-20/h7-14,18,22H,5-6,15-16H2,1-4H3,(H,26,29). The summed E-state index contributed by atoms with van der Waals surface area (Å²) in [5.74, 6) is 0.280. The van der Waals surface area contributed by atoms with Gasteiger partial charge >= 0.3 is 0 Å². The number of hydrogen-bond donors (Lipinski definition) is 1. The van der Waals surface area contributed by atoms with Gasteiger partial charge in [0.1, 0.15) is 11.8 Å². The Morgan fingerprint density at radius 3 is 2.40 bits per heavy atom. The Morgan fingerprint density at radius 1 is 1.10 bits per heavy atom. The second kappa shape index (κ2) is 11.7. The van der Waals surface area contributed by atoms with E-state index in [2.05, 4.69) is 21.2 Å². The van der Waals surface area contributed by atoms with E-state index in [0.717, 1.165) is 22.0 Å². The number of benzene rings is 2. The summed E-state index contributed by atoms with van der Waals surface area (Å²) < 4.78 is 6.74. The van der Waals surface area contributed by atoms with Crippen molar-refractivity contribution in [2.75, 3.05) is 6.61 Å². The quantitative estimate of drug-likeness (QED) is 0.534. The zero-order valence-corrected chi connectivity index (χ0v) is 19.7. The van der Waals surface area contributed by atoms with Crippen LogP contribution in [0.4, 0.5) is 0 Å². The van der Waals surface area contributed by atoms with Crippen molar-refractivity contribution in [2.24, 2.45) is 0 Å². The molecule has 162 valence electrons. The maximum absolute atomic E-state index is 13.1. The monoisotopic (exact) mass is 474 g/mol. The fourth-order valence-electron chi connectivity index (χ4n) is 3.08. The molecule has 0 saturated carbocycles. The smallest absolute Gasteiger partial charge is 0.261 e. The van der Waals surface area contributed by atoms with E-state index < -0.39 is 6.04 Å². The molecular weight excluding hydrogens is 444 g/mol. The molecular formula is C24H31BrN2O3. The van der Waals surface area contributed by atoms with Gasteiger partial charge in [0.05, 0.1) is 0 Å². The summed E-state index contributed by atoms with van der Waals surface area (Å²) in [6.45, 7) is 8.10. The first-order valence-electron chi connectivity index (χ1n) is 10.4. The van der Waals surface area contributed by atoms with Crippen LogP contribution in [0, 0.1) is 6.92 Å². The molecule has 2 atom stereocenters. The first kappa shape index (κ1) is 23.9. The molecule has 5 nitrogen and oxygen atoms in total. The number of amides is 2. The van der Waals surface area contributed by atoms with Gasteiger partial charge in [0.15, 0.2) is 6.61 Å². The summed E-state index contributed by atoms with van der Waals surface area (Å²) in [6.07, 6.45) is 1.36. The number of rotatable bonds is 10. The highest BCUT2D eigenvalue weighted by Crippen LogP contribution is 2.22. The molecule has 2 aromatic carbocycles. The van der Waals surface area contributed by atoms with Gasteiger partial charge in [-0.2, -0.15) is 0 Å². The van der Waals surface area contributed by atoms with E-state index in [1.54, 1.807) is 4.90 Å². The Labute approximate surface area is 187 Å². The van der Waals surface area contributed by atoms with Gasteiger partial charge in [-0.25, -0.2) is 0 Å². The molecule has 2 aromatic rings. The van der Waals surface area contributed by atoms with Gasteiger partial charge < -0.3 is 15.0 Å². The highest BCUT2D eigenvalue weighted by Gasteiger charge is 2.29. The lowest BCUT2D eigenvalue weighted by atomic mass is 10.1. The minimum absolute atomic E-state index is 0.0576. The number of carbonyl (C=O) groups is 2. The molecule has 0 saturated heterocycles. The topological polar surface area (TPSA) is 58.6 Å². The number of ether oxygens (including phenoxy) is 1. The van der Waals surface area contributed by atoms with Crippen molar-refractivity contribution in [2.45, 2.75) is 59.2 Å². The first-order chi connectivity index (χ1) is 14.3. The van der Waals surface area contributed by atoms with E-state index >= 15 is 0 Å². The van der Waals surface area contributed by atoms with Crippen molar-refractivity contribution in [1.82, 2.24) is 10.2 Å². The van der Waals surface area contributed by atoms with E-state index in [1.807, 2.05) is 76.2 Å². The summed E-state index contributed by atoms with van der Waals surface area (Å²) in [4.78, 5) is 27.7. The Kier molecular flexibility index (Phi) is 9.37. The summed E-state index contributed by atoms with van der Waals surface area (Å²) in [6, 6.07) is 14.8. The van der Waals surface area contributed by atoms with Crippen LogP contribution in [0.25, 0.3) is 0 Å². The van der Waals surface area contributed by atoms with Crippen LogP contribution in [-0.4, -0.2) is 35.4 Å². The first-order valence-corrected chi connectivity index (χ1v) is 11.2. The molecule has 0 aliphatic carbocycles. The number of nitrogens with one attached hydrogen (secondary N) is 1. The molecule has 2 unspecified atom stereocenters. The maximum Gasteiger partial charge on any atom is 0.261 e. The Bertz CT molecular complexity index is 842. The molecule has 0 heterocycles. The van der Waals surface area contributed by atoms with Crippen molar-refractivity contribution in [3.63, 3.8) is 0 Å². The molecule has 0 spiro atoms. The zero-order valence-electron chi connectivity index (χ0n) is 18.2. The summed E-state index contributed by atoms with van der Waals surface area (Å²) >= 11 is 3.46. The van der Waals surface area contributed by atoms with Crippen molar-refractivity contribution in [3.05, 3.63) is 64.1 Å². The SMILES string of the molecule is CCC(C)NC(=O)C(CC)N(Cc1ccccc1)C(=O)COc1ccc(Br)c(C)c1. The summed E-state index contributed by atoms with van der Waals surface area (Å²) in [5.41, 5.74) is 2.00. The van der Waals surface area contributed by atoms with Crippen LogP contribution in [0.5, 0.6) is 5.75 Å². The van der Waals surface area contributed by atoms with Gasteiger partial charge in [-0.1, -0.05) is 60.1 Å². The Hall–Kier alpha value is -2.34. The van der Waals surface area contributed by atoms with Crippen LogP contribution in [0.2, 0.25) is 0 Å². The zero-order chi connectivity index (χ0) is 22.1. The fraction of sp³-hybridized carbons (Fsp3) is 0.417. The molecule has 0 bridgehead atoms. The summed E-state index contributed by atoms with van der Waals surface area (Å²) in [7, 11) is 0. The summed E-state index contributed by atoms with van der Waals surface area (Å²) in [5, 5.41) is 3.01. The molecule has 0 radical (unpaired) electrons. The molecule has 2 amide bonds. The minimum atomic E-state index is -0.554. The van der Waals surface area contributed by atoms with Crippen LogP contribution in [0.3, 0.4) is 0 Å². The largest absolute Gasteiger partial charge is 0.484 e. The lowest BCUT2D eigenvalue weighted by Gasteiger charge is -2.31. The Balaban J connectivity index is 2.18. The number of halogens is 1. The average Bonchev–Trinajstić information content (AvgIpc) is 2.74. The van der Waals surface area contributed by atoms with Crippen molar-refractivity contribution in [3.8, 4) is 5.75 Å². The molecule has 6 heteroatoms. The van der Waals surface area contributed by atoms with Gasteiger partial charge in [-0.15, -0.1) is 0 Å².